The zero-order chi connectivity index (χ0) is 12.5. The number of carbonyl (C=O) groups excluding carboxylic acids is 1. The van der Waals surface area contributed by atoms with Gasteiger partial charge < -0.3 is 5.11 Å². The van der Waals surface area contributed by atoms with Gasteiger partial charge in [-0.3, -0.25) is 4.79 Å². The highest BCUT2D eigenvalue weighted by Gasteiger charge is 2.15. The van der Waals surface area contributed by atoms with Gasteiger partial charge in [0.2, 0.25) is 0 Å². The lowest BCUT2D eigenvalue weighted by Gasteiger charge is -2.05. The van der Waals surface area contributed by atoms with Crippen LogP contribution >= 0.6 is 0 Å². The second-order valence-corrected chi connectivity index (χ2v) is 4.07. The molecule has 1 aromatic heterocycles. The van der Waals surface area contributed by atoms with Crippen LogP contribution in [-0.2, 0) is 0 Å². The van der Waals surface area contributed by atoms with Gasteiger partial charge in [0, 0.05) is 17.0 Å². The molecule has 0 unspecified atom stereocenters. The van der Waals surface area contributed by atoms with E-state index in [1.807, 2.05) is 30.3 Å². The number of hydrogen-bond acceptors (Lipinski definition) is 2. The van der Waals surface area contributed by atoms with E-state index in [0.717, 1.165) is 5.39 Å². The molecule has 0 amide bonds. The lowest BCUT2D eigenvalue weighted by atomic mass is 10.2. The maximum Gasteiger partial charge on any atom is 0.265 e. The second kappa shape index (κ2) is 4.04. The van der Waals surface area contributed by atoms with E-state index < -0.39 is 0 Å². The van der Waals surface area contributed by atoms with Crippen LogP contribution in [0.25, 0.3) is 10.9 Å². The second-order valence-electron chi connectivity index (χ2n) is 4.07. The van der Waals surface area contributed by atoms with Gasteiger partial charge in [-0.15, -0.1) is 0 Å². The number of carbonyl (C=O) groups is 1. The van der Waals surface area contributed by atoms with Crippen molar-refractivity contribution in [3.8, 4) is 5.88 Å². The van der Waals surface area contributed by atoms with Crippen LogP contribution in [0.4, 0.5) is 0 Å². The Balaban J connectivity index is 2.21. The zero-order valence-electron chi connectivity index (χ0n) is 9.58. The van der Waals surface area contributed by atoms with Gasteiger partial charge in [-0.25, -0.2) is 4.57 Å². The van der Waals surface area contributed by atoms with Crippen molar-refractivity contribution in [1.82, 2.24) is 4.57 Å². The highest BCUT2D eigenvalue weighted by Crippen LogP contribution is 2.25. The van der Waals surface area contributed by atoms with Gasteiger partial charge in [-0.05, 0) is 18.2 Å². The van der Waals surface area contributed by atoms with E-state index in [2.05, 4.69) is 0 Å². The number of benzene rings is 2. The Morgan fingerprint density at radius 3 is 2.39 bits per heavy atom. The van der Waals surface area contributed by atoms with Crippen molar-refractivity contribution >= 4 is 16.8 Å². The van der Waals surface area contributed by atoms with Crippen LogP contribution in [0.5, 0.6) is 5.88 Å². The molecule has 18 heavy (non-hydrogen) atoms. The van der Waals surface area contributed by atoms with Crippen molar-refractivity contribution < 1.29 is 9.90 Å². The molecule has 0 atom stereocenters. The largest absolute Gasteiger partial charge is 0.494 e. The molecule has 3 aromatic rings. The third-order valence-corrected chi connectivity index (χ3v) is 2.92. The molecule has 3 nitrogen and oxygen atoms in total. The minimum Gasteiger partial charge on any atom is -0.494 e. The maximum absolute atomic E-state index is 12.3. The van der Waals surface area contributed by atoms with E-state index in [-0.39, 0.29) is 11.8 Å². The molecule has 0 radical (unpaired) electrons. The van der Waals surface area contributed by atoms with E-state index in [1.165, 1.54) is 4.57 Å². The average Bonchev–Trinajstić information content (AvgIpc) is 2.75. The summed E-state index contributed by atoms with van der Waals surface area (Å²) in [5.74, 6) is -0.264. The number of fused-ring (bicyclic) bond motifs is 1. The van der Waals surface area contributed by atoms with Crippen molar-refractivity contribution in [1.29, 1.82) is 0 Å². The van der Waals surface area contributed by atoms with Gasteiger partial charge in [0.1, 0.15) is 0 Å². The number of hydrogen-bond donors (Lipinski definition) is 1. The van der Waals surface area contributed by atoms with Gasteiger partial charge in [-0.1, -0.05) is 36.4 Å². The van der Waals surface area contributed by atoms with E-state index in [4.69, 9.17) is 0 Å². The zero-order valence-corrected chi connectivity index (χ0v) is 9.58. The van der Waals surface area contributed by atoms with E-state index in [1.54, 1.807) is 30.3 Å². The first-order chi connectivity index (χ1) is 8.77. The minimum atomic E-state index is -0.227. The molecule has 88 valence electrons. The molecule has 0 saturated carbocycles. The van der Waals surface area contributed by atoms with Crippen molar-refractivity contribution in [3.63, 3.8) is 0 Å². The van der Waals surface area contributed by atoms with Crippen molar-refractivity contribution in [2.75, 3.05) is 0 Å². The van der Waals surface area contributed by atoms with Crippen LogP contribution < -0.4 is 0 Å². The molecular weight excluding hydrogens is 226 g/mol. The maximum atomic E-state index is 12.3. The molecule has 0 bridgehead atoms. The van der Waals surface area contributed by atoms with Gasteiger partial charge in [0.25, 0.3) is 5.91 Å². The fraction of sp³-hybridized carbons (Fsp3) is 0. The molecule has 2 aromatic carbocycles. The lowest BCUT2D eigenvalue weighted by molar-refractivity contribution is 0.0956. The van der Waals surface area contributed by atoms with Crippen LogP contribution in [0, 0.1) is 0 Å². The minimum absolute atomic E-state index is 0.0370. The molecule has 0 saturated heterocycles. The van der Waals surface area contributed by atoms with Crippen LogP contribution in [0.1, 0.15) is 10.4 Å². The molecule has 1 heterocycles. The van der Waals surface area contributed by atoms with Crippen molar-refractivity contribution in [2.24, 2.45) is 0 Å². The Hall–Kier alpha value is -2.55. The summed E-state index contributed by atoms with van der Waals surface area (Å²) in [5, 5.41) is 10.8. The topological polar surface area (TPSA) is 42.2 Å². The van der Waals surface area contributed by atoms with Crippen molar-refractivity contribution in [2.45, 2.75) is 0 Å². The fourth-order valence-corrected chi connectivity index (χ4v) is 2.06. The SMILES string of the molecule is O=C(c1ccccc1)n1c(O)cc2ccccc21. The summed E-state index contributed by atoms with van der Waals surface area (Å²) in [6.45, 7) is 0. The van der Waals surface area contributed by atoms with Gasteiger partial charge >= 0.3 is 0 Å². The Kier molecular flexibility index (Phi) is 2.38. The molecule has 1 N–H and O–H groups in total. The number of aromatic nitrogens is 1. The molecule has 3 heteroatoms. The third kappa shape index (κ3) is 1.57. The highest BCUT2D eigenvalue weighted by molar-refractivity contribution is 6.03. The Bertz CT molecular complexity index is 714. The number of nitrogens with zero attached hydrogens (tertiary/aromatic N) is 1. The summed E-state index contributed by atoms with van der Waals surface area (Å²) in [6, 6.07) is 17.9. The van der Waals surface area contributed by atoms with Crippen LogP contribution in [0.3, 0.4) is 0 Å². The summed E-state index contributed by atoms with van der Waals surface area (Å²) in [6.07, 6.45) is 0. The number of para-hydroxylation sites is 1. The van der Waals surface area contributed by atoms with Crippen LogP contribution in [-0.4, -0.2) is 15.6 Å². The molecule has 0 aliphatic carbocycles. The fourth-order valence-electron chi connectivity index (χ4n) is 2.06. The predicted octanol–water partition coefficient (Wildman–Crippen LogP) is 3.04. The predicted molar refractivity (Wildman–Crippen MR) is 69.8 cm³/mol. The average molecular weight is 237 g/mol. The quantitative estimate of drug-likeness (QED) is 0.706. The first-order valence-corrected chi connectivity index (χ1v) is 5.66. The molecule has 0 spiro atoms. The third-order valence-electron chi connectivity index (χ3n) is 2.92. The monoisotopic (exact) mass is 237 g/mol. The van der Waals surface area contributed by atoms with E-state index in [0.29, 0.717) is 11.1 Å². The van der Waals surface area contributed by atoms with E-state index >= 15 is 0 Å². The summed E-state index contributed by atoms with van der Waals surface area (Å²) >= 11 is 0. The van der Waals surface area contributed by atoms with Gasteiger partial charge in [0.05, 0.1) is 5.52 Å². The van der Waals surface area contributed by atoms with Crippen LogP contribution in [0.2, 0.25) is 0 Å². The molecular formula is C15H11NO2. The highest BCUT2D eigenvalue weighted by atomic mass is 16.3. The first kappa shape index (κ1) is 10.6. The van der Waals surface area contributed by atoms with E-state index in [9.17, 15) is 9.90 Å². The summed E-state index contributed by atoms with van der Waals surface area (Å²) in [4.78, 5) is 12.3. The molecule has 0 aliphatic heterocycles. The number of aromatic hydroxyl groups is 1. The standard InChI is InChI=1S/C15H11NO2/c17-14-10-12-8-4-5-9-13(12)16(14)15(18)11-6-2-1-3-7-11/h1-10,17H. The lowest BCUT2D eigenvalue weighted by Crippen LogP contribution is -2.10. The van der Waals surface area contributed by atoms with Gasteiger partial charge in [0.15, 0.2) is 5.88 Å². The Labute approximate surface area is 104 Å². The summed E-state index contributed by atoms with van der Waals surface area (Å²) < 4.78 is 1.32. The number of rotatable bonds is 1. The van der Waals surface area contributed by atoms with Gasteiger partial charge in [-0.2, -0.15) is 0 Å². The van der Waals surface area contributed by atoms with Crippen molar-refractivity contribution in [3.05, 3.63) is 66.2 Å². The molecule has 0 aliphatic rings. The normalized spacial score (nSPS) is 10.7. The Morgan fingerprint density at radius 2 is 1.61 bits per heavy atom. The first-order valence-electron chi connectivity index (χ1n) is 5.66. The molecule has 3 rings (SSSR count). The summed E-state index contributed by atoms with van der Waals surface area (Å²) in [5.41, 5.74) is 1.26. The molecule has 0 fully saturated rings. The Morgan fingerprint density at radius 1 is 0.944 bits per heavy atom. The smallest absolute Gasteiger partial charge is 0.265 e. The van der Waals surface area contributed by atoms with Crippen LogP contribution in [0.15, 0.2) is 60.7 Å². The summed E-state index contributed by atoms with van der Waals surface area (Å²) in [7, 11) is 0.